The fourth-order valence-corrected chi connectivity index (χ4v) is 20.5. The molecular formula is C107H121ClN14O14Si2. The molecular weight excluding hydrogens is 1800 g/mol. The maximum absolute atomic E-state index is 14.1. The van der Waals surface area contributed by atoms with Crippen molar-refractivity contribution in [2.24, 2.45) is 0 Å². The Hall–Kier alpha value is -12.2. The number of benzene rings is 4. The molecule has 4 aromatic carbocycles. The molecule has 5 amide bonds. The molecule has 0 unspecified atom stereocenters. The number of nitrogens with one attached hydrogen (secondary N) is 1. The number of aliphatic hydroxyl groups excluding tert-OH is 2. The lowest BCUT2D eigenvalue weighted by Gasteiger charge is -2.35. The Bertz CT molecular complexity index is 6710. The van der Waals surface area contributed by atoms with Crippen molar-refractivity contribution in [1.82, 2.24) is 58.7 Å². The van der Waals surface area contributed by atoms with Gasteiger partial charge < -0.3 is 74.0 Å². The van der Waals surface area contributed by atoms with Gasteiger partial charge in [-0.25, -0.2) is 15.0 Å². The van der Waals surface area contributed by atoms with E-state index in [4.69, 9.17) is 40.5 Å². The van der Waals surface area contributed by atoms with E-state index in [1.807, 2.05) is 151 Å². The molecule has 20 rings (SSSR count). The van der Waals surface area contributed by atoms with Gasteiger partial charge in [-0.15, -0.1) is 0 Å². The van der Waals surface area contributed by atoms with E-state index in [1.54, 1.807) is 85.9 Å². The summed E-state index contributed by atoms with van der Waals surface area (Å²) in [5.41, 5.74) is 15.2. The Labute approximate surface area is 810 Å². The number of ether oxygens (including phenoxy) is 4. The van der Waals surface area contributed by atoms with E-state index in [0.29, 0.717) is 225 Å². The van der Waals surface area contributed by atoms with Crippen LogP contribution in [0.15, 0.2) is 183 Å². The summed E-state index contributed by atoms with van der Waals surface area (Å²) in [5, 5.41) is 55.7. The summed E-state index contributed by atoms with van der Waals surface area (Å²) in [4.78, 5) is 107. The second-order valence-electron chi connectivity index (χ2n) is 40.8. The van der Waals surface area contributed by atoms with E-state index in [9.17, 15) is 49.5 Å². The van der Waals surface area contributed by atoms with Crippen molar-refractivity contribution < 1.29 is 68.5 Å². The highest BCUT2D eigenvalue weighted by Crippen LogP contribution is 2.47. The number of H-pyrrole nitrogens is 1. The Balaban J connectivity index is 0.000000142. The van der Waals surface area contributed by atoms with Crippen LogP contribution in [0.25, 0.3) is 89.5 Å². The van der Waals surface area contributed by atoms with Crippen molar-refractivity contribution in [2.45, 2.75) is 192 Å². The van der Waals surface area contributed by atoms with Gasteiger partial charge in [-0.1, -0.05) is 87.3 Å². The summed E-state index contributed by atoms with van der Waals surface area (Å²) < 4.78 is 28.5. The van der Waals surface area contributed by atoms with Crippen molar-refractivity contribution in [3.8, 4) is 67.9 Å². The molecule has 5 fully saturated rings. The summed E-state index contributed by atoms with van der Waals surface area (Å²) in [5.74, 6) is 1.78. The average Bonchev–Trinajstić information content (AvgIpc) is 1.33. The predicted octanol–water partition coefficient (Wildman–Crippen LogP) is 18.2. The first-order valence-corrected chi connectivity index (χ1v) is 55.9. The van der Waals surface area contributed by atoms with Crippen LogP contribution in [0, 0.1) is 0 Å². The Kier molecular flexibility index (Phi) is 27.8. The minimum Gasteiger partial charge on any atom is -0.491 e. The Morgan fingerprint density at radius 2 is 0.848 bits per heavy atom. The summed E-state index contributed by atoms with van der Waals surface area (Å²) in [6.07, 6.45) is 18.0. The van der Waals surface area contributed by atoms with Crippen LogP contribution in [0.4, 0.5) is 11.4 Å². The number of hydrogen-bond donors (Lipinski definition) is 6. The van der Waals surface area contributed by atoms with Crippen LogP contribution >= 0.6 is 11.6 Å². The van der Waals surface area contributed by atoms with Gasteiger partial charge in [-0.2, -0.15) is 0 Å². The zero-order valence-electron chi connectivity index (χ0n) is 79.9. The van der Waals surface area contributed by atoms with Crippen LogP contribution in [0.1, 0.15) is 171 Å². The standard InChI is InChI=1S/C44H51N5O6Si.C38H37N5O5.C25H33ClN4O3Si/c1-44(53)15-18-47(19-16-44)42(51)31-11-13-37(46-26-31)39-25-35-33(14-17-45-41(35)49(39)28-54-22-23-56(2,3)4)32-6-5-7-38(36(32)27-50)48-20-21-55-40-24-30(29-8-9-29)10-12-34(40)43(48)52;1-38(47)12-15-42(16-13-38)36(45)25-8-10-31(40-21-25)32-20-29-27(11-14-39-35(29)41-32)26-3-2-4-33(30(26)22-44)43-17-18-48-34-19-24(23-5-6-23)7-9-28(34)37(43)46;1-25(32)8-11-29(12-9-25)24(31)18-5-6-21(28-16-18)22-15-19-20(26)7-10-27-23(19)30(22)17-33-13-14-34(2,3)4/h5-7,10-14,17,24-26,29,50,53H,8-9,15-16,18-23,27-28H2,1-4H3;2-4,7-11,14,19-21,23,44,47H,5-6,12-13,15-18,22H2,1H3,(H,39,41);5-7,10,15-16,32H,8-9,11-14,17H2,1-4H3. The third-order valence-electron chi connectivity index (χ3n) is 27.7. The summed E-state index contributed by atoms with van der Waals surface area (Å²) in [7, 11) is -2.53. The highest BCUT2D eigenvalue weighted by Gasteiger charge is 2.38. The van der Waals surface area contributed by atoms with Gasteiger partial charge in [0.2, 0.25) is 0 Å². The van der Waals surface area contributed by atoms with Crippen molar-refractivity contribution in [1.29, 1.82) is 0 Å². The SMILES string of the molecule is CC1(O)CCN(C(=O)c2ccc(-c3cc4c(-c5cccc(N6CCOc7cc(C8CC8)ccc7C6=O)c5CO)ccnc4[nH]3)nc2)CC1.CC1(O)CCN(C(=O)c2ccc(-c3cc4c(-c5cccc(N6CCOc7cc(C8CC8)ccc7C6=O)c5CO)ccnc4n3COCC[Si](C)(C)C)nc2)CC1.CC1(O)CCN(C(=O)c2ccc(-c3cc4c(Cl)ccnc4n3COCC[Si](C)(C)C)nc2)CC1. The zero-order chi connectivity index (χ0) is 96.7. The third-order valence-corrected chi connectivity index (χ3v) is 31.4. The molecule has 14 heterocycles. The predicted molar refractivity (Wildman–Crippen MR) is 540 cm³/mol. The topological polar surface area (TPSA) is 343 Å². The molecule has 138 heavy (non-hydrogen) atoms. The first-order valence-electron chi connectivity index (χ1n) is 48.1. The largest absolute Gasteiger partial charge is 0.491 e. The molecule has 31 heteroatoms. The van der Waals surface area contributed by atoms with E-state index < -0.39 is 33.0 Å². The number of carbonyl (C=O) groups excluding carboxylic acids is 5. The van der Waals surface area contributed by atoms with E-state index in [0.717, 1.165) is 78.9 Å². The number of carbonyl (C=O) groups is 5. The lowest BCUT2D eigenvalue weighted by molar-refractivity contribution is -0.00294. The average molecular weight is 1920 g/mol. The van der Waals surface area contributed by atoms with Crippen molar-refractivity contribution in [3.63, 3.8) is 0 Å². The molecule has 9 aromatic heterocycles. The van der Waals surface area contributed by atoms with Gasteiger partial charge in [0.05, 0.1) is 121 Å². The smallest absolute Gasteiger partial charge is 0.262 e. The molecule has 2 aliphatic carbocycles. The second kappa shape index (κ2) is 40.0. The van der Waals surface area contributed by atoms with Crippen LogP contribution in [0.5, 0.6) is 11.5 Å². The number of rotatable bonds is 24. The molecule has 5 aliphatic heterocycles. The molecule has 0 atom stereocenters. The number of fused-ring (bicyclic) bond motifs is 5. The van der Waals surface area contributed by atoms with Gasteiger partial charge >= 0.3 is 0 Å². The van der Waals surface area contributed by atoms with E-state index >= 15 is 0 Å². The maximum Gasteiger partial charge on any atom is 0.262 e. The van der Waals surface area contributed by atoms with E-state index in [1.165, 1.54) is 36.8 Å². The number of nitrogens with zero attached hydrogens (tertiary/aromatic N) is 13. The quantitative estimate of drug-likeness (QED) is 0.0242. The monoisotopic (exact) mass is 1920 g/mol. The number of aliphatic hydroxyl groups is 5. The van der Waals surface area contributed by atoms with Crippen molar-refractivity contribution in [3.05, 3.63) is 238 Å². The molecule has 0 spiro atoms. The summed E-state index contributed by atoms with van der Waals surface area (Å²) in [6, 6.07) is 48.0. The molecule has 7 aliphatic rings. The highest BCUT2D eigenvalue weighted by atomic mass is 35.5. The minimum atomic E-state index is -1.34. The third kappa shape index (κ3) is 21.3. The number of pyridine rings is 6. The summed E-state index contributed by atoms with van der Waals surface area (Å²) in [6.45, 7) is 25.2. The highest BCUT2D eigenvalue weighted by molar-refractivity contribution is 6.76. The number of piperidine rings is 3. The van der Waals surface area contributed by atoms with Gasteiger partial charge in [0, 0.05) is 133 Å². The number of aromatic amines is 1. The van der Waals surface area contributed by atoms with Gasteiger partial charge in [-0.3, -0.25) is 48.1 Å². The molecule has 0 bridgehead atoms. The molecule has 13 aromatic rings. The minimum absolute atomic E-state index is 0.0607. The van der Waals surface area contributed by atoms with Crippen LogP contribution in [-0.2, 0) is 36.1 Å². The van der Waals surface area contributed by atoms with E-state index in [2.05, 4.69) is 64.2 Å². The van der Waals surface area contributed by atoms with Gasteiger partial charge in [0.1, 0.15) is 55.1 Å². The van der Waals surface area contributed by atoms with Crippen LogP contribution in [0.2, 0.25) is 56.4 Å². The Morgan fingerprint density at radius 3 is 1.25 bits per heavy atom. The fourth-order valence-electron chi connectivity index (χ4n) is 18.8. The molecule has 28 nitrogen and oxygen atoms in total. The number of amides is 5. The van der Waals surface area contributed by atoms with Crippen molar-refractivity contribution >= 4 is 102 Å². The number of likely N-dealkylation sites (tertiary alicyclic amines) is 3. The van der Waals surface area contributed by atoms with E-state index in [-0.39, 0.29) is 49.5 Å². The molecule has 6 N–H and O–H groups in total. The second-order valence-corrected chi connectivity index (χ2v) is 52.4. The van der Waals surface area contributed by atoms with Crippen LogP contribution in [0.3, 0.4) is 0 Å². The number of halogens is 1. The Morgan fingerprint density at radius 1 is 0.449 bits per heavy atom. The normalized spacial score (nSPS) is 17.1. The number of hydrogen-bond acceptors (Lipinski definition) is 20. The molecule has 718 valence electrons. The molecule has 0 radical (unpaired) electrons. The summed E-state index contributed by atoms with van der Waals surface area (Å²) >= 11 is 6.45. The first-order chi connectivity index (χ1) is 66.2. The van der Waals surface area contributed by atoms with Crippen molar-refractivity contribution in [2.75, 3.05) is 88.6 Å². The van der Waals surface area contributed by atoms with Crippen LogP contribution in [-0.4, -0.2) is 226 Å². The van der Waals surface area contributed by atoms with Gasteiger partial charge in [-0.05, 0) is 251 Å². The lowest BCUT2D eigenvalue weighted by Crippen LogP contribution is -2.45. The van der Waals surface area contributed by atoms with Gasteiger partial charge in [0.15, 0.2) is 0 Å². The zero-order valence-corrected chi connectivity index (χ0v) is 82.6. The first kappa shape index (κ1) is 96.1. The maximum atomic E-state index is 14.1. The fraction of sp³-hybridized carbons (Fsp3) is 0.393. The lowest BCUT2D eigenvalue weighted by atomic mass is 9.93. The number of anilines is 2. The van der Waals surface area contributed by atoms with Crippen LogP contribution < -0.4 is 19.3 Å². The molecule has 2 saturated carbocycles. The number of aromatic nitrogens is 9. The van der Waals surface area contributed by atoms with Gasteiger partial charge in [0.25, 0.3) is 29.5 Å². The molecule has 3 saturated heterocycles.